The van der Waals surface area contributed by atoms with Gasteiger partial charge >= 0.3 is 0 Å². The average Bonchev–Trinajstić information content (AvgIpc) is 3.11. The van der Waals surface area contributed by atoms with E-state index in [0.717, 1.165) is 19.4 Å². The molecule has 1 aromatic rings. The predicted octanol–water partition coefficient (Wildman–Crippen LogP) is 1.47. The first kappa shape index (κ1) is 18.8. The standard InChI is InChI=1S/C16H26N2O5S/c1-5-8-18(12-6-7-17-11-12)24(19,20)16-14(22-3)9-13(21-2)10-15(16)23-4/h9-10,12,17H,5-8,11H2,1-4H3. The second kappa shape index (κ2) is 8.04. The van der Waals surface area contributed by atoms with Crippen LogP contribution in [0, 0.1) is 0 Å². The van der Waals surface area contributed by atoms with Gasteiger partial charge in [-0.15, -0.1) is 0 Å². The van der Waals surface area contributed by atoms with Crippen LogP contribution < -0.4 is 19.5 Å². The Morgan fingerprint density at radius 1 is 1.17 bits per heavy atom. The van der Waals surface area contributed by atoms with Crippen LogP contribution in [0.15, 0.2) is 17.0 Å². The van der Waals surface area contributed by atoms with Gasteiger partial charge in [-0.05, 0) is 19.4 Å². The van der Waals surface area contributed by atoms with Crippen molar-refractivity contribution in [2.75, 3.05) is 41.0 Å². The first-order valence-corrected chi connectivity index (χ1v) is 9.46. The molecule has 1 aromatic carbocycles. The van der Waals surface area contributed by atoms with Crippen LogP contribution in [0.2, 0.25) is 0 Å². The number of hydrogen-bond acceptors (Lipinski definition) is 6. The molecule has 24 heavy (non-hydrogen) atoms. The summed E-state index contributed by atoms with van der Waals surface area (Å²) in [7, 11) is 0.619. The smallest absolute Gasteiger partial charge is 0.250 e. The number of sulfonamides is 1. The van der Waals surface area contributed by atoms with Crippen LogP contribution in [0.4, 0.5) is 0 Å². The van der Waals surface area contributed by atoms with Crippen LogP contribution in [0.1, 0.15) is 19.8 Å². The number of nitrogens with zero attached hydrogens (tertiary/aromatic N) is 1. The molecule has 1 atom stereocenters. The number of ether oxygens (including phenoxy) is 3. The van der Waals surface area contributed by atoms with Gasteiger partial charge < -0.3 is 19.5 Å². The number of methoxy groups -OCH3 is 3. The minimum absolute atomic E-state index is 0.0497. The molecule has 1 unspecified atom stereocenters. The fourth-order valence-corrected chi connectivity index (χ4v) is 4.97. The lowest BCUT2D eigenvalue weighted by molar-refractivity contribution is 0.324. The molecule has 1 fully saturated rings. The molecule has 8 heteroatoms. The predicted molar refractivity (Wildman–Crippen MR) is 91.6 cm³/mol. The van der Waals surface area contributed by atoms with Crippen LogP contribution in [0.25, 0.3) is 0 Å². The lowest BCUT2D eigenvalue weighted by atomic mass is 10.2. The third kappa shape index (κ3) is 3.60. The van der Waals surface area contributed by atoms with Crippen LogP contribution in [-0.2, 0) is 10.0 Å². The average molecular weight is 358 g/mol. The van der Waals surface area contributed by atoms with Crippen LogP contribution in [0.3, 0.4) is 0 Å². The first-order valence-electron chi connectivity index (χ1n) is 8.02. The van der Waals surface area contributed by atoms with Crippen molar-refractivity contribution in [3.8, 4) is 17.2 Å². The monoisotopic (exact) mass is 358 g/mol. The zero-order valence-electron chi connectivity index (χ0n) is 14.7. The van der Waals surface area contributed by atoms with Crippen molar-refractivity contribution in [1.82, 2.24) is 9.62 Å². The minimum Gasteiger partial charge on any atom is -0.496 e. The fraction of sp³-hybridized carbons (Fsp3) is 0.625. The molecule has 0 aromatic heterocycles. The number of hydrogen-bond donors (Lipinski definition) is 1. The van der Waals surface area contributed by atoms with E-state index in [1.807, 2.05) is 6.92 Å². The molecule has 1 aliphatic rings. The van der Waals surface area contributed by atoms with Gasteiger partial charge in [0.1, 0.15) is 17.2 Å². The van der Waals surface area contributed by atoms with Gasteiger partial charge in [0.05, 0.1) is 21.3 Å². The van der Waals surface area contributed by atoms with E-state index < -0.39 is 10.0 Å². The van der Waals surface area contributed by atoms with Crippen molar-refractivity contribution in [2.45, 2.75) is 30.7 Å². The third-order valence-electron chi connectivity index (χ3n) is 4.12. The van der Waals surface area contributed by atoms with E-state index in [1.165, 1.54) is 21.3 Å². The van der Waals surface area contributed by atoms with Crippen LogP contribution in [-0.4, -0.2) is 59.7 Å². The SMILES string of the molecule is CCCN(C1CCNC1)S(=O)(=O)c1c(OC)cc(OC)cc1OC. The highest BCUT2D eigenvalue weighted by Crippen LogP contribution is 2.40. The molecular weight excluding hydrogens is 332 g/mol. The van der Waals surface area contributed by atoms with E-state index in [2.05, 4.69) is 5.32 Å². The van der Waals surface area contributed by atoms with Gasteiger partial charge in [0.25, 0.3) is 10.0 Å². The van der Waals surface area contributed by atoms with Gasteiger partial charge in [-0.25, -0.2) is 8.42 Å². The van der Waals surface area contributed by atoms with Crippen molar-refractivity contribution in [2.24, 2.45) is 0 Å². The van der Waals surface area contributed by atoms with Crippen molar-refractivity contribution in [3.63, 3.8) is 0 Å². The maximum atomic E-state index is 13.4. The Labute approximate surface area is 143 Å². The largest absolute Gasteiger partial charge is 0.496 e. The molecular formula is C16H26N2O5S. The van der Waals surface area contributed by atoms with Crippen molar-refractivity contribution < 1.29 is 22.6 Å². The first-order chi connectivity index (χ1) is 11.5. The number of nitrogens with one attached hydrogen (secondary N) is 1. The normalized spacial score (nSPS) is 18.0. The van der Waals surface area contributed by atoms with Gasteiger partial charge in [0.2, 0.25) is 0 Å². The Morgan fingerprint density at radius 2 is 1.79 bits per heavy atom. The second-order valence-electron chi connectivity index (χ2n) is 5.62. The third-order valence-corrected chi connectivity index (χ3v) is 6.14. The summed E-state index contributed by atoms with van der Waals surface area (Å²) in [6, 6.07) is 3.06. The Bertz CT molecular complexity index is 631. The van der Waals surface area contributed by atoms with Crippen molar-refractivity contribution >= 4 is 10.0 Å². The van der Waals surface area contributed by atoms with E-state index in [1.54, 1.807) is 16.4 Å². The quantitative estimate of drug-likeness (QED) is 0.758. The second-order valence-corrected chi connectivity index (χ2v) is 7.45. The summed E-state index contributed by atoms with van der Waals surface area (Å²) in [5.41, 5.74) is 0. The summed E-state index contributed by atoms with van der Waals surface area (Å²) in [5.74, 6) is 0.920. The van der Waals surface area contributed by atoms with E-state index in [9.17, 15) is 8.42 Å². The molecule has 0 bridgehead atoms. The molecule has 0 spiro atoms. The van der Waals surface area contributed by atoms with Gasteiger partial charge in [-0.1, -0.05) is 6.92 Å². The Morgan fingerprint density at radius 3 is 2.21 bits per heavy atom. The van der Waals surface area contributed by atoms with Gasteiger partial charge in [0.15, 0.2) is 4.90 Å². The Balaban J connectivity index is 2.57. The fourth-order valence-electron chi connectivity index (χ4n) is 2.95. The summed E-state index contributed by atoms with van der Waals surface area (Å²) in [6.45, 7) is 3.89. The van der Waals surface area contributed by atoms with Crippen molar-refractivity contribution in [1.29, 1.82) is 0 Å². The van der Waals surface area contributed by atoms with Gasteiger partial charge in [-0.3, -0.25) is 0 Å². The zero-order chi connectivity index (χ0) is 17.7. The summed E-state index contributed by atoms with van der Waals surface area (Å²) >= 11 is 0. The molecule has 0 amide bonds. The maximum Gasteiger partial charge on any atom is 0.250 e. The van der Waals surface area contributed by atoms with E-state index in [-0.39, 0.29) is 22.4 Å². The molecule has 1 N–H and O–H groups in total. The van der Waals surface area contributed by atoms with E-state index >= 15 is 0 Å². The zero-order valence-corrected chi connectivity index (χ0v) is 15.5. The molecule has 1 heterocycles. The van der Waals surface area contributed by atoms with Crippen molar-refractivity contribution in [3.05, 3.63) is 12.1 Å². The Hall–Kier alpha value is -1.51. The molecule has 2 rings (SSSR count). The van der Waals surface area contributed by atoms with Gasteiger partial charge in [0, 0.05) is 31.3 Å². The van der Waals surface area contributed by atoms with E-state index in [4.69, 9.17) is 14.2 Å². The molecule has 136 valence electrons. The number of rotatable bonds is 8. The van der Waals surface area contributed by atoms with Gasteiger partial charge in [-0.2, -0.15) is 4.31 Å². The molecule has 1 saturated heterocycles. The Kier molecular flexibility index (Phi) is 6.31. The summed E-state index contributed by atoms with van der Waals surface area (Å²) in [4.78, 5) is 0.0497. The van der Waals surface area contributed by atoms with E-state index in [0.29, 0.717) is 18.8 Å². The number of benzene rings is 1. The summed E-state index contributed by atoms with van der Waals surface area (Å²) in [5, 5.41) is 3.22. The molecule has 0 radical (unpaired) electrons. The topological polar surface area (TPSA) is 77.1 Å². The highest BCUT2D eigenvalue weighted by Gasteiger charge is 2.37. The highest BCUT2D eigenvalue weighted by molar-refractivity contribution is 7.89. The van der Waals surface area contributed by atoms with Crippen LogP contribution >= 0.6 is 0 Å². The van der Waals surface area contributed by atoms with Crippen LogP contribution in [0.5, 0.6) is 17.2 Å². The molecule has 7 nitrogen and oxygen atoms in total. The molecule has 1 aliphatic heterocycles. The highest BCUT2D eigenvalue weighted by atomic mass is 32.2. The lowest BCUT2D eigenvalue weighted by Crippen LogP contribution is -2.42. The lowest BCUT2D eigenvalue weighted by Gasteiger charge is -2.28. The molecule has 0 saturated carbocycles. The minimum atomic E-state index is -3.77. The molecule has 0 aliphatic carbocycles. The summed E-state index contributed by atoms with van der Waals surface area (Å²) in [6.07, 6.45) is 1.52. The maximum absolute atomic E-state index is 13.4. The summed E-state index contributed by atoms with van der Waals surface area (Å²) < 4.78 is 44.1.